The Labute approximate surface area is 166 Å². The summed E-state index contributed by atoms with van der Waals surface area (Å²) in [6.45, 7) is 2.55. The van der Waals surface area contributed by atoms with Gasteiger partial charge in [-0.2, -0.15) is 5.10 Å². The van der Waals surface area contributed by atoms with Gasteiger partial charge in [0.05, 0.1) is 23.4 Å². The van der Waals surface area contributed by atoms with Gasteiger partial charge in [0.2, 0.25) is 0 Å². The lowest BCUT2D eigenvalue weighted by Gasteiger charge is -2.13. The van der Waals surface area contributed by atoms with E-state index < -0.39 is 5.82 Å². The molecule has 3 rings (SSSR count). The van der Waals surface area contributed by atoms with Gasteiger partial charge in [-0.3, -0.25) is 4.98 Å². The van der Waals surface area contributed by atoms with Crippen LogP contribution in [0.25, 0.3) is 11.4 Å². The zero-order valence-corrected chi connectivity index (χ0v) is 16.7. The Balaban J connectivity index is 1.81. The number of methoxy groups -OCH3 is 1. The topological polar surface area (TPSA) is 52.8 Å². The molecule has 0 N–H and O–H groups in total. The van der Waals surface area contributed by atoms with Crippen LogP contribution >= 0.6 is 23.4 Å². The van der Waals surface area contributed by atoms with Crippen molar-refractivity contribution < 1.29 is 9.13 Å². The normalized spacial score (nSPS) is 12.3. The van der Waals surface area contributed by atoms with Gasteiger partial charge in [-0.25, -0.2) is 14.1 Å². The van der Waals surface area contributed by atoms with E-state index >= 15 is 0 Å². The Morgan fingerprint density at radius 1 is 1.22 bits per heavy atom. The Morgan fingerprint density at radius 2 is 2.00 bits per heavy atom. The zero-order valence-electron chi connectivity index (χ0n) is 15.1. The summed E-state index contributed by atoms with van der Waals surface area (Å²) in [5.41, 5.74) is 1.89. The lowest BCUT2D eigenvalue weighted by molar-refractivity contribution is 0.156. The van der Waals surface area contributed by atoms with Gasteiger partial charge in [0.15, 0.2) is 5.82 Å². The summed E-state index contributed by atoms with van der Waals surface area (Å²) in [5.74, 6) is 2.46. The molecule has 3 aromatic rings. The molecule has 0 amide bonds. The lowest BCUT2D eigenvalue weighted by Crippen LogP contribution is -2.15. The smallest absolute Gasteiger partial charge is 0.181 e. The molecule has 2 aromatic heterocycles. The molecule has 0 bridgehead atoms. The SMILES string of the molecule is COCC(C)n1nc(-c2ccc(F)c(Cl)c2)nc1CSCc1ccncc1. The number of aromatic nitrogens is 4. The van der Waals surface area contributed by atoms with E-state index in [2.05, 4.69) is 15.1 Å². The summed E-state index contributed by atoms with van der Waals surface area (Å²) in [5, 5.41) is 4.67. The Kier molecular flexibility index (Phi) is 6.82. The van der Waals surface area contributed by atoms with E-state index in [0.29, 0.717) is 23.7 Å². The van der Waals surface area contributed by atoms with Crippen LogP contribution in [0.5, 0.6) is 0 Å². The number of halogens is 2. The third-order valence-electron chi connectivity index (χ3n) is 3.95. The van der Waals surface area contributed by atoms with Gasteiger partial charge >= 0.3 is 0 Å². The first-order valence-electron chi connectivity index (χ1n) is 8.45. The van der Waals surface area contributed by atoms with Crippen LogP contribution in [0.2, 0.25) is 5.02 Å². The van der Waals surface area contributed by atoms with Crippen LogP contribution in [0.1, 0.15) is 24.4 Å². The third-order valence-corrected chi connectivity index (χ3v) is 5.24. The number of ether oxygens (including phenoxy) is 1. The fourth-order valence-electron chi connectivity index (χ4n) is 2.62. The minimum Gasteiger partial charge on any atom is -0.382 e. The van der Waals surface area contributed by atoms with E-state index in [0.717, 1.165) is 11.6 Å². The second-order valence-corrected chi connectivity index (χ2v) is 7.47. The summed E-state index contributed by atoms with van der Waals surface area (Å²) in [4.78, 5) is 8.70. The molecule has 5 nitrogen and oxygen atoms in total. The highest BCUT2D eigenvalue weighted by Crippen LogP contribution is 2.25. The first-order valence-corrected chi connectivity index (χ1v) is 9.98. The number of hydrogen-bond acceptors (Lipinski definition) is 5. The predicted molar refractivity (Wildman–Crippen MR) is 106 cm³/mol. The molecule has 0 saturated heterocycles. The molecule has 0 fully saturated rings. The Bertz CT molecular complexity index is 891. The molecule has 142 valence electrons. The van der Waals surface area contributed by atoms with Crippen molar-refractivity contribution in [3.05, 3.63) is 65.0 Å². The third kappa shape index (κ3) is 5.06. The first kappa shape index (κ1) is 19.8. The van der Waals surface area contributed by atoms with Crippen molar-refractivity contribution in [2.45, 2.75) is 24.5 Å². The second kappa shape index (κ2) is 9.30. The molecule has 0 aliphatic heterocycles. The van der Waals surface area contributed by atoms with Crippen molar-refractivity contribution >= 4 is 23.4 Å². The monoisotopic (exact) mass is 406 g/mol. The van der Waals surface area contributed by atoms with Crippen LogP contribution in [0, 0.1) is 5.82 Å². The molecule has 0 aliphatic rings. The molecule has 2 heterocycles. The summed E-state index contributed by atoms with van der Waals surface area (Å²) in [6, 6.07) is 8.54. The van der Waals surface area contributed by atoms with Crippen LogP contribution in [0.3, 0.4) is 0 Å². The molecule has 0 radical (unpaired) electrons. The highest BCUT2D eigenvalue weighted by atomic mass is 35.5. The van der Waals surface area contributed by atoms with Crippen LogP contribution in [-0.4, -0.2) is 33.5 Å². The van der Waals surface area contributed by atoms with Crippen LogP contribution in [-0.2, 0) is 16.2 Å². The average Bonchev–Trinajstić information content (AvgIpc) is 3.09. The fraction of sp³-hybridized carbons (Fsp3) is 0.316. The van der Waals surface area contributed by atoms with Crippen molar-refractivity contribution in [3.63, 3.8) is 0 Å². The summed E-state index contributed by atoms with van der Waals surface area (Å²) >= 11 is 7.65. The molecule has 1 atom stereocenters. The van der Waals surface area contributed by atoms with E-state index in [-0.39, 0.29) is 11.1 Å². The maximum Gasteiger partial charge on any atom is 0.181 e. The number of nitrogens with zero attached hydrogens (tertiary/aromatic N) is 4. The maximum atomic E-state index is 13.5. The van der Waals surface area contributed by atoms with Crippen molar-refractivity contribution in [2.24, 2.45) is 0 Å². The molecular weight excluding hydrogens is 387 g/mol. The maximum absolute atomic E-state index is 13.5. The molecule has 27 heavy (non-hydrogen) atoms. The van der Waals surface area contributed by atoms with E-state index in [9.17, 15) is 4.39 Å². The van der Waals surface area contributed by atoms with Gasteiger partial charge in [0.1, 0.15) is 11.6 Å². The van der Waals surface area contributed by atoms with E-state index in [4.69, 9.17) is 16.3 Å². The second-order valence-electron chi connectivity index (χ2n) is 6.08. The van der Waals surface area contributed by atoms with Gasteiger partial charge in [-0.1, -0.05) is 11.6 Å². The molecule has 0 aliphatic carbocycles. The Morgan fingerprint density at radius 3 is 2.70 bits per heavy atom. The number of pyridine rings is 1. The highest BCUT2D eigenvalue weighted by Gasteiger charge is 2.17. The van der Waals surface area contributed by atoms with Crippen molar-refractivity contribution in [1.82, 2.24) is 19.7 Å². The number of rotatable bonds is 8. The van der Waals surface area contributed by atoms with Gasteiger partial charge in [-0.05, 0) is 42.8 Å². The molecule has 0 saturated carbocycles. The highest BCUT2D eigenvalue weighted by molar-refractivity contribution is 7.97. The van der Waals surface area contributed by atoms with Crippen LogP contribution in [0.4, 0.5) is 4.39 Å². The standard InChI is InChI=1S/C19H20ClFN4OS/c1-13(10-26-2)25-18(12-27-11-14-5-7-22-8-6-14)23-19(24-25)15-3-4-17(21)16(20)9-15/h3-9,13H,10-12H2,1-2H3. The average molecular weight is 407 g/mol. The summed E-state index contributed by atoms with van der Waals surface area (Å²) in [7, 11) is 1.66. The van der Waals surface area contributed by atoms with Gasteiger partial charge in [0.25, 0.3) is 0 Å². The summed E-state index contributed by atoms with van der Waals surface area (Å²) < 4.78 is 20.6. The molecule has 0 spiro atoms. The molecule has 1 aromatic carbocycles. The van der Waals surface area contributed by atoms with E-state index in [1.54, 1.807) is 43.4 Å². The predicted octanol–water partition coefficient (Wildman–Crippen LogP) is 4.77. The Hall–Kier alpha value is -1.96. The zero-order chi connectivity index (χ0) is 19.2. The molecule has 1 unspecified atom stereocenters. The first-order chi connectivity index (χ1) is 13.1. The molecular formula is C19H20ClFN4OS. The van der Waals surface area contributed by atoms with Crippen LogP contribution in [0.15, 0.2) is 42.7 Å². The van der Waals surface area contributed by atoms with Gasteiger partial charge < -0.3 is 4.74 Å². The number of benzene rings is 1. The van der Waals surface area contributed by atoms with Gasteiger partial charge in [0, 0.05) is 30.8 Å². The number of hydrogen-bond donors (Lipinski definition) is 0. The number of thioether (sulfide) groups is 1. The van der Waals surface area contributed by atoms with Crippen LogP contribution < -0.4 is 0 Å². The minimum atomic E-state index is -0.458. The largest absolute Gasteiger partial charge is 0.382 e. The molecule has 8 heteroatoms. The lowest BCUT2D eigenvalue weighted by atomic mass is 10.2. The van der Waals surface area contributed by atoms with Gasteiger partial charge in [-0.15, -0.1) is 11.8 Å². The van der Waals surface area contributed by atoms with Crippen molar-refractivity contribution in [1.29, 1.82) is 0 Å². The fourth-order valence-corrected chi connectivity index (χ4v) is 3.71. The van der Waals surface area contributed by atoms with Crippen molar-refractivity contribution in [3.8, 4) is 11.4 Å². The van der Waals surface area contributed by atoms with E-state index in [1.165, 1.54) is 11.6 Å². The van der Waals surface area contributed by atoms with Crippen molar-refractivity contribution in [2.75, 3.05) is 13.7 Å². The summed E-state index contributed by atoms with van der Waals surface area (Å²) in [6.07, 6.45) is 3.57. The minimum absolute atomic E-state index is 0.0312. The quantitative estimate of drug-likeness (QED) is 0.539. The van der Waals surface area contributed by atoms with E-state index in [1.807, 2.05) is 23.7 Å².